The van der Waals surface area contributed by atoms with Crippen LogP contribution in [0.25, 0.3) is 0 Å². The van der Waals surface area contributed by atoms with Crippen molar-refractivity contribution in [1.82, 2.24) is 9.36 Å². The van der Waals surface area contributed by atoms with E-state index in [1.165, 1.54) is 29.2 Å². The van der Waals surface area contributed by atoms with Gasteiger partial charge in [0.05, 0.1) is 0 Å². The number of rotatable bonds is 5. The molecular formula is C22H23FN4OS. The Labute approximate surface area is 173 Å². The van der Waals surface area contributed by atoms with Gasteiger partial charge in [-0.15, -0.1) is 0 Å². The molecule has 2 heterocycles. The van der Waals surface area contributed by atoms with Gasteiger partial charge in [0.1, 0.15) is 17.7 Å². The highest BCUT2D eigenvalue weighted by Gasteiger charge is 2.33. The Morgan fingerprint density at radius 3 is 2.76 bits per heavy atom. The third kappa shape index (κ3) is 4.45. The number of hydrogen-bond donors (Lipinski definition) is 1. The first-order valence-corrected chi connectivity index (χ1v) is 10.5. The van der Waals surface area contributed by atoms with E-state index in [0.717, 1.165) is 41.3 Å². The molecule has 0 aliphatic carbocycles. The van der Waals surface area contributed by atoms with Crippen LogP contribution in [0, 0.1) is 19.7 Å². The summed E-state index contributed by atoms with van der Waals surface area (Å²) in [5, 5.41) is 3.81. The second kappa shape index (κ2) is 8.29. The zero-order chi connectivity index (χ0) is 20.4. The molecule has 1 fully saturated rings. The van der Waals surface area contributed by atoms with Crippen LogP contribution in [-0.2, 0) is 11.2 Å². The molecule has 1 aliphatic heterocycles. The molecule has 5 nitrogen and oxygen atoms in total. The largest absolute Gasteiger partial charge is 0.335 e. The first-order chi connectivity index (χ1) is 14.0. The van der Waals surface area contributed by atoms with Crippen molar-refractivity contribution in [2.45, 2.75) is 39.2 Å². The Morgan fingerprint density at radius 2 is 2.00 bits per heavy atom. The van der Waals surface area contributed by atoms with Crippen LogP contribution in [0.15, 0.2) is 42.5 Å². The van der Waals surface area contributed by atoms with E-state index in [0.29, 0.717) is 12.2 Å². The van der Waals surface area contributed by atoms with E-state index in [1.807, 2.05) is 30.0 Å². The maximum Gasteiger partial charge on any atom is 0.247 e. The Morgan fingerprint density at radius 1 is 1.21 bits per heavy atom. The lowest BCUT2D eigenvalue weighted by Crippen LogP contribution is -2.39. The summed E-state index contributed by atoms with van der Waals surface area (Å²) in [6.45, 7) is 4.88. The Bertz CT molecular complexity index is 1020. The molecule has 1 aliphatic rings. The zero-order valence-corrected chi connectivity index (χ0v) is 17.3. The minimum atomic E-state index is -0.254. The van der Waals surface area contributed by atoms with E-state index < -0.39 is 0 Å². The average Bonchev–Trinajstić information content (AvgIpc) is 3.36. The number of nitrogens with zero attached hydrogens (tertiary/aromatic N) is 3. The van der Waals surface area contributed by atoms with Crippen molar-refractivity contribution in [2.24, 2.45) is 0 Å². The van der Waals surface area contributed by atoms with Crippen molar-refractivity contribution in [3.8, 4) is 0 Å². The third-order valence-electron chi connectivity index (χ3n) is 5.31. The second-order valence-electron chi connectivity index (χ2n) is 7.44. The molecule has 1 amide bonds. The monoisotopic (exact) mass is 410 g/mol. The van der Waals surface area contributed by atoms with Crippen LogP contribution in [0.1, 0.15) is 35.4 Å². The van der Waals surface area contributed by atoms with Crippen molar-refractivity contribution in [3.05, 3.63) is 70.8 Å². The lowest BCUT2D eigenvalue weighted by molar-refractivity contribution is -0.117. The topological polar surface area (TPSA) is 58.1 Å². The molecule has 1 saturated heterocycles. The van der Waals surface area contributed by atoms with Crippen molar-refractivity contribution in [1.29, 1.82) is 0 Å². The lowest BCUT2D eigenvalue weighted by Gasteiger charge is -2.22. The number of aromatic nitrogens is 2. The number of hydrogen-bond acceptors (Lipinski definition) is 5. The molecule has 7 heteroatoms. The number of nitrogens with one attached hydrogen (secondary N) is 1. The molecule has 1 N–H and O–H groups in total. The van der Waals surface area contributed by atoms with Crippen molar-refractivity contribution < 1.29 is 9.18 Å². The predicted molar refractivity (Wildman–Crippen MR) is 114 cm³/mol. The number of halogens is 1. The fourth-order valence-electron chi connectivity index (χ4n) is 3.53. The Kier molecular flexibility index (Phi) is 5.58. The third-order valence-corrected chi connectivity index (χ3v) is 6.10. The summed E-state index contributed by atoms with van der Waals surface area (Å²) in [6, 6.07) is 12.1. The second-order valence-corrected chi connectivity index (χ2v) is 8.17. The van der Waals surface area contributed by atoms with Gasteiger partial charge >= 0.3 is 0 Å². The Balaban J connectivity index is 1.45. The van der Waals surface area contributed by atoms with Crippen LogP contribution in [0.5, 0.6) is 0 Å². The number of anilines is 2. The number of benzene rings is 2. The molecule has 0 unspecified atom stereocenters. The quantitative estimate of drug-likeness (QED) is 0.673. The van der Waals surface area contributed by atoms with Crippen LogP contribution in [0.4, 0.5) is 15.2 Å². The van der Waals surface area contributed by atoms with Crippen molar-refractivity contribution in [3.63, 3.8) is 0 Å². The van der Waals surface area contributed by atoms with Gasteiger partial charge in [-0.25, -0.2) is 9.37 Å². The van der Waals surface area contributed by atoms with E-state index in [-0.39, 0.29) is 17.8 Å². The van der Waals surface area contributed by atoms with Crippen LogP contribution < -0.4 is 10.2 Å². The minimum absolute atomic E-state index is 0.0129. The van der Waals surface area contributed by atoms with E-state index in [1.54, 1.807) is 12.1 Å². The van der Waals surface area contributed by atoms with Gasteiger partial charge in [0.2, 0.25) is 11.0 Å². The first-order valence-electron chi connectivity index (χ1n) is 9.71. The van der Waals surface area contributed by atoms with Crippen molar-refractivity contribution >= 4 is 28.3 Å². The SMILES string of the molecule is Cc1ccc(NC(=O)[C@@H]2CCCN2c2nc(Cc3ccc(F)cc3)ns2)cc1C. The normalized spacial score (nSPS) is 16.2. The molecule has 0 spiro atoms. The van der Waals surface area contributed by atoms with Crippen LogP contribution in [-0.4, -0.2) is 27.9 Å². The summed E-state index contributed by atoms with van der Waals surface area (Å²) in [5.74, 6) is 0.424. The van der Waals surface area contributed by atoms with E-state index >= 15 is 0 Å². The van der Waals surface area contributed by atoms with Gasteiger partial charge in [-0.2, -0.15) is 4.37 Å². The van der Waals surface area contributed by atoms with Gasteiger partial charge in [0.15, 0.2) is 0 Å². The fraction of sp³-hybridized carbons (Fsp3) is 0.318. The van der Waals surface area contributed by atoms with Crippen LogP contribution in [0.2, 0.25) is 0 Å². The number of carbonyl (C=O) groups is 1. The summed E-state index contributed by atoms with van der Waals surface area (Å²) in [4.78, 5) is 19.6. The highest BCUT2D eigenvalue weighted by molar-refractivity contribution is 7.09. The summed E-state index contributed by atoms with van der Waals surface area (Å²) in [5.41, 5.74) is 4.13. The molecular weight excluding hydrogens is 387 g/mol. The fourth-order valence-corrected chi connectivity index (χ4v) is 4.29. The molecule has 2 aromatic carbocycles. The summed E-state index contributed by atoms with van der Waals surface area (Å²) in [6.07, 6.45) is 2.28. The van der Waals surface area contributed by atoms with Crippen LogP contribution in [0.3, 0.4) is 0 Å². The number of amides is 1. The molecule has 1 aromatic heterocycles. The standard InChI is InChI=1S/C22H23FN4OS/c1-14-5-10-18(12-15(14)2)24-21(28)19-4-3-11-27(19)22-25-20(26-29-22)13-16-6-8-17(23)9-7-16/h5-10,12,19H,3-4,11,13H2,1-2H3,(H,24,28)/t19-/m0/s1. The van der Waals surface area contributed by atoms with Gasteiger partial charge in [-0.1, -0.05) is 18.2 Å². The van der Waals surface area contributed by atoms with Gasteiger partial charge in [0.25, 0.3) is 0 Å². The van der Waals surface area contributed by atoms with Gasteiger partial charge < -0.3 is 10.2 Å². The molecule has 29 heavy (non-hydrogen) atoms. The maximum absolute atomic E-state index is 13.1. The lowest BCUT2D eigenvalue weighted by atomic mass is 10.1. The van der Waals surface area contributed by atoms with Gasteiger partial charge in [-0.05, 0) is 67.6 Å². The summed E-state index contributed by atoms with van der Waals surface area (Å²) >= 11 is 1.31. The highest BCUT2D eigenvalue weighted by Crippen LogP contribution is 2.28. The molecule has 3 aromatic rings. The summed E-state index contributed by atoms with van der Waals surface area (Å²) < 4.78 is 17.5. The maximum atomic E-state index is 13.1. The smallest absolute Gasteiger partial charge is 0.247 e. The first kappa shape index (κ1) is 19.5. The number of carbonyl (C=O) groups excluding carboxylic acids is 1. The summed E-state index contributed by atoms with van der Waals surface area (Å²) in [7, 11) is 0. The minimum Gasteiger partial charge on any atom is -0.335 e. The van der Waals surface area contributed by atoms with E-state index in [4.69, 9.17) is 0 Å². The van der Waals surface area contributed by atoms with Crippen LogP contribution >= 0.6 is 11.5 Å². The molecule has 0 radical (unpaired) electrons. The average molecular weight is 411 g/mol. The van der Waals surface area contributed by atoms with Gasteiger partial charge in [-0.3, -0.25) is 4.79 Å². The predicted octanol–water partition coefficient (Wildman–Crippen LogP) is 4.49. The zero-order valence-electron chi connectivity index (χ0n) is 16.5. The molecule has 0 saturated carbocycles. The molecule has 1 atom stereocenters. The van der Waals surface area contributed by atoms with Crippen molar-refractivity contribution in [2.75, 3.05) is 16.8 Å². The molecule has 150 valence electrons. The number of aryl methyl sites for hydroxylation is 2. The Hall–Kier alpha value is -2.80. The van der Waals surface area contributed by atoms with E-state index in [2.05, 4.69) is 21.6 Å². The van der Waals surface area contributed by atoms with Gasteiger partial charge in [0, 0.05) is 30.2 Å². The highest BCUT2D eigenvalue weighted by atomic mass is 32.1. The molecule has 4 rings (SSSR count). The molecule has 0 bridgehead atoms. The van der Waals surface area contributed by atoms with E-state index in [9.17, 15) is 9.18 Å².